The molecule has 1 rings (SSSR count). The van der Waals surface area contributed by atoms with Crippen molar-refractivity contribution in [1.82, 2.24) is 0 Å². The van der Waals surface area contributed by atoms with Crippen molar-refractivity contribution < 1.29 is 23.5 Å². The number of unbranched alkanes of at least 4 members (excludes halogenated alkanes) is 2. The van der Waals surface area contributed by atoms with Crippen LogP contribution in [-0.4, -0.2) is 25.2 Å². The smallest absolute Gasteiger partial charge is 0.349 e. The van der Waals surface area contributed by atoms with Gasteiger partial charge in [0.25, 0.3) is 0 Å². The second-order valence-electron chi connectivity index (χ2n) is 4.65. The molecule has 0 amide bonds. The molecule has 0 aliphatic rings. The van der Waals surface area contributed by atoms with Crippen molar-refractivity contribution >= 4 is 29.6 Å². The van der Waals surface area contributed by atoms with E-state index in [1.807, 2.05) is 0 Å². The number of esters is 2. The first-order valence-electron chi connectivity index (χ1n) is 7.11. The molecule has 124 valence electrons. The highest BCUT2D eigenvalue weighted by Gasteiger charge is 2.04. The first kappa shape index (κ1) is 18.9. The van der Waals surface area contributed by atoms with Gasteiger partial charge in [-0.3, -0.25) is 0 Å². The van der Waals surface area contributed by atoms with E-state index in [0.29, 0.717) is 18.4 Å². The van der Waals surface area contributed by atoms with Crippen LogP contribution in [0.25, 0.3) is 6.08 Å². The second kappa shape index (κ2) is 10.6. The molecule has 0 atom stereocenters. The molecule has 0 radical (unpaired) electrons. The molecule has 0 bridgehead atoms. The normalized spacial score (nSPS) is 10.5. The van der Waals surface area contributed by atoms with Crippen molar-refractivity contribution in [2.24, 2.45) is 0 Å². The number of rotatable bonds is 9. The first-order valence-corrected chi connectivity index (χ1v) is 7.49. The Labute approximate surface area is 139 Å². The molecule has 0 aliphatic heterocycles. The number of hydrogen-bond donors (Lipinski definition) is 0. The van der Waals surface area contributed by atoms with Gasteiger partial charge in [-0.25, -0.2) is 14.0 Å². The van der Waals surface area contributed by atoms with Crippen molar-refractivity contribution in [2.75, 3.05) is 13.2 Å². The van der Waals surface area contributed by atoms with Gasteiger partial charge in [-0.2, -0.15) is 0 Å². The van der Waals surface area contributed by atoms with Crippen molar-refractivity contribution in [1.29, 1.82) is 0 Å². The van der Waals surface area contributed by atoms with Crippen LogP contribution in [0.3, 0.4) is 0 Å². The van der Waals surface area contributed by atoms with E-state index in [0.717, 1.165) is 6.42 Å². The van der Waals surface area contributed by atoms with Crippen LogP contribution in [0.15, 0.2) is 42.0 Å². The third kappa shape index (κ3) is 8.78. The molecule has 6 heteroatoms. The molecule has 0 spiro atoms. The molecular weight excluding hydrogens is 323 g/mol. The summed E-state index contributed by atoms with van der Waals surface area (Å²) in [5.74, 6) is -1.41. The zero-order chi connectivity index (χ0) is 17.1. The van der Waals surface area contributed by atoms with Gasteiger partial charge in [0.2, 0.25) is 0 Å². The van der Waals surface area contributed by atoms with Crippen LogP contribution in [0.2, 0.25) is 0 Å². The molecule has 0 saturated carbocycles. The Hall–Kier alpha value is -2.14. The van der Waals surface area contributed by atoms with Crippen LogP contribution in [-0.2, 0) is 19.1 Å². The highest BCUT2D eigenvalue weighted by molar-refractivity contribution is 6.40. The molecule has 0 N–H and O–H groups in total. The summed E-state index contributed by atoms with van der Waals surface area (Å²) in [6.45, 7) is 3.79. The SMILES string of the molecule is C=C(Cl)C(=O)OCCCCCOC(=O)/C=C/c1ccc(F)cc1. The van der Waals surface area contributed by atoms with Gasteiger partial charge in [-0.15, -0.1) is 0 Å². The summed E-state index contributed by atoms with van der Waals surface area (Å²) in [4.78, 5) is 22.4. The minimum absolute atomic E-state index is 0.146. The van der Waals surface area contributed by atoms with Crippen molar-refractivity contribution in [2.45, 2.75) is 19.3 Å². The summed E-state index contributed by atoms with van der Waals surface area (Å²) in [6.07, 6.45) is 4.91. The Balaban J connectivity index is 2.09. The van der Waals surface area contributed by atoms with Crippen LogP contribution in [0.4, 0.5) is 4.39 Å². The van der Waals surface area contributed by atoms with Crippen LogP contribution in [0.5, 0.6) is 0 Å². The van der Waals surface area contributed by atoms with Crippen LogP contribution < -0.4 is 0 Å². The lowest BCUT2D eigenvalue weighted by Gasteiger charge is -2.04. The fraction of sp³-hybridized carbons (Fsp3) is 0.294. The molecule has 0 aliphatic carbocycles. The second-order valence-corrected chi connectivity index (χ2v) is 5.11. The lowest BCUT2D eigenvalue weighted by molar-refractivity contribution is -0.138. The largest absolute Gasteiger partial charge is 0.463 e. The van der Waals surface area contributed by atoms with Gasteiger partial charge in [-0.1, -0.05) is 30.3 Å². The third-order valence-corrected chi connectivity index (χ3v) is 2.92. The van der Waals surface area contributed by atoms with E-state index >= 15 is 0 Å². The van der Waals surface area contributed by atoms with Gasteiger partial charge in [0.05, 0.1) is 13.2 Å². The molecule has 0 heterocycles. The zero-order valence-corrected chi connectivity index (χ0v) is 13.4. The lowest BCUT2D eigenvalue weighted by Crippen LogP contribution is -2.06. The summed E-state index contributed by atoms with van der Waals surface area (Å²) in [7, 11) is 0. The average Bonchev–Trinajstić information content (AvgIpc) is 2.53. The van der Waals surface area contributed by atoms with E-state index < -0.39 is 11.9 Å². The standard InChI is InChI=1S/C17H18ClFO4/c1-13(18)17(21)23-12-4-2-3-11-22-16(20)10-7-14-5-8-15(19)9-6-14/h5-10H,1-4,11-12H2/b10-7+. The predicted octanol–water partition coefficient (Wildman–Crippen LogP) is 3.85. The molecule has 1 aromatic carbocycles. The molecule has 4 nitrogen and oxygen atoms in total. The Morgan fingerprint density at radius 3 is 2.30 bits per heavy atom. The number of halogens is 2. The van der Waals surface area contributed by atoms with Crippen molar-refractivity contribution in [3.8, 4) is 0 Å². The van der Waals surface area contributed by atoms with E-state index in [1.165, 1.54) is 18.2 Å². The fourth-order valence-corrected chi connectivity index (χ4v) is 1.64. The number of carbonyl (C=O) groups excluding carboxylic acids is 2. The highest BCUT2D eigenvalue weighted by atomic mass is 35.5. The minimum atomic E-state index is -0.621. The zero-order valence-electron chi connectivity index (χ0n) is 12.6. The minimum Gasteiger partial charge on any atom is -0.463 e. The summed E-state index contributed by atoms with van der Waals surface area (Å²) in [5, 5.41) is -0.146. The first-order chi connectivity index (χ1) is 11.0. The quantitative estimate of drug-likeness (QED) is 0.389. The summed E-state index contributed by atoms with van der Waals surface area (Å²) in [6, 6.07) is 5.76. The van der Waals surface area contributed by atoms with E-state index in [-0.39, 0.29) is 24.1 Å². The van der Waals surface area contributed by atoms with Gasteiger partial charge in [0, 0.05) is 6.08 Å². The molecule has 1 aromatic rings. The van der Waals surface area contributed by atoms with Crippen LogP contribution >= 0.6 is 11.6 Å². The van der Waals surface area contributed by atoms with Gasteiger partial charge in [0.15, 0.2) is 0 Å². The Morgan fingerprint density at radius 1 is 1.09 bits per heavy atom. The summed E-state index contributed by atoms with van der Waals surface area (Å²) in [5.41, 5.74) is 0.714. The fourth-order valence-electron chi connectivity index (χ4n) is 1.58. The van der Waals surface area contributed by atoms with Crippen LogP contribution in [0, 0.1) is 5.82 Å². The topological polar surface area (TPSA) is 52.6 Å². The predicted molar refractivity (Wildman–Crippen MR) is 86.2 cm³/mol. The molecular formula is C17H18ClFO4. The van der Waals surface area contributed by atoms with Crippen LogP contribution in [0.1, 0.15) is 24.8 Å². The van der Waals surface area contributed by atoms with E-state index in [1.54, 1.807) is 18.2 Å². The average molecular weight is 341 g/mol. The van der Waals surface area contributed by atoms with Crippen molar-refractivity contribution in [3.63, 3.8) is 0 Å². The maximum Gasteiger partial charge on any atom is 0.349 e. The Bertz CT molecular complexity index is 566. The maximum absolute atomic E-state index is 12.7. The molecule has 0 unspecified atom stereocenters. The highest BCUT2D eigenvalue weighted by Crippen LogP contribution is 2.05. The van der Waals surface area contributed by atoms with Gasteiger partial charge < -0.3 is 9.47 Å². The number of carbonyl (C=O) groups is 2. The third-order valence-electron chi connectivity index (χ3n) is 2.77. The van der Waals surface area contributed by atoms with Gasteiger partial charge >= 0.3 is 11.9 Å². The van der Waals surface area contributed by atoms with E-state index in [4.69, 9.17) is 21.1 Å². The lowest BCUT2D eigenvalue weighted by atomic mass is 10.2. The summed E-state index contributed by atoms with van der Waals surface area (Å²) < 4.78 is 22.5. The number of hydrogen-bond acceptors (Lipinski definition) is 4. The summed E-state index contributed by atoms with van der Waals surface area (Å²) >= 11 is 5.36. The van der Waals surface area contributed by atoms with E-state index in [9.17, 15) is 14.0 Å². The van der Waals surface area contributed by atoms with Crippen molar-refractivity contribution in [3.05, 3.63) is 53.3 Å². The van der Waals surface area contributed by atoms with Gasteiger partial charge in [0.1, 0.15) is 10.8 Å². The molecule has 0 fully saturated rings. The van der Waals surface area contributed by atoms with E-state index in [2.05, 4.69) is 6.58 Å². The Morgan fingerprint density at radius 2 is 1.70 bits per heavy atom. The monoisotopic (exact) mass is 340 g/mol. The number of benzene rings is 1. The van der Waals surface area contributed by atoms with Gasteiger partial charge in [-0.05, 0) is 43.0 Å². The molecule has 0 aromatic heterocycles. The number of ether oxygens (including phenoxy) is 2. The maximum atomic E-state index is 12.7. The Kier molecular flexibility index (Phi) is 8.68. The molecule has 23 heavy (non-hydrogen) atoms. The molecule has 0 saturated heterocycles.